The van der Waals surface area contributed by atoms with Crippen molar-refractivity contribution in [2.75, 3.05) is 39.3 Å². The Morgan fingerprint density at radius 3 is 2.46 bits per heavy atom. The van der Waals surface area contributed by atoms with Crippen molar-refractivity contribution in [3.63, 3.8) is 0 Å². The van der Waals surface area contributed by atoms with Crippen LogP contribution in [-0.4, -0.2) is 61.1 Å². The molecule has 2 aliphatic carbocycles. The SMILES string of the molecule is CCN=C(NC1CC1C1CCCCC1)N1CCC(CN(CC)CC)C1.I. The van der Waals surface area contributed by atoms with Gasteiger partial charge in [0.25, 0.3) is 0 Å². The maximum Gasteiger partial charge on any atom is 0.194 e. The first-order valence-corrected chi connectivity index (χ1v) is 11.0. The van der Waals surface area contributed by atoms with Crippen molar-refractivity contribution in [2.24, 2.45) is 22.7 Å². The Kier molecular flexibility index (Phi) is 9.48. The van der Waals surface area contributed by atoms with E-state index >= 15 is 0 Å². The van der Waals surface area contributed by atoms with Crippen molar-refractivity contribution in [3.05, 3.63) is 0 Å². The molecule has 0 spiro atoms. The van der Waals surface area contributed by atoms with Crippen LogP contribution < -0.4 is 5.32 Å². The quantitative estimate of drug-likeness (QED) is 0.340. The van der Waals surface area contributed by atoms with E-state index in [1.165, 1.54) is 83.6 Å². The van der Waals surface area contributed by atoms with Gasteiger partial charge >= 0.3 is 0 Å². The lowest BCUT2D eigenvalue weighted by atomic mass is 9.85. The zero-order valence-corrected chi connectivity index (χ0v) is 19.6. The van der Waals surface area contributed by atoms with Crippen molar-refractivity contribution in [1.82, 2.24) is 15.1 Å². The van der Waals surface area contributed by atoms with E-state index in [4.69, 9.17) is 4.99 Å². The molecule has 0 amide bonds. The fourth-order valence-corrected chi connectivity index (χ4v) is 5.04. The van der Waals surface area contributed by atoms with E-state index in [2.05, 4.69) is 35.9 Å². The standard InChI is InChI=1S/C21H40N4.HI/c1-4-22-21(23-20-14-19(20)18-10-8-7-9-11-18)25-13-12-17(16-25)15-24(5-2)6-3;/h17-20H,4-16H2,1-3H3,(H,22,23);1H. The largest absolute Gasteiger partial charge is 0.353 e. The molecule has 2 saturated carbocycles. The van der Waals surface area contributed by atoms with E-state index in [1.54, 1.807) is 0 Å². The number of guanidine groups is 1. The Hall–Kier alpha value is -0.0400. The molecule has 0 radical (unpaired) electrons. The van der Waals surface area contributed by atoms with Crippen molar-refractivity contribution >= 4 is 29.9 Å². The van der Waals surface area contributed by atoms with Crippen LogP contribution in [0.15, 0.2) is 4.99 Å². The predicted molar refractivity (Wildman–Crippen MR) is 122 cm³/mol. The molecule has 0 bridgehead atoms. The molecule has 1 saturated heterocycles. The Balaban J connectivity index is 0.00000243. The van der Waals surface area contributed by atoms with Gasteiger partial charge in [-0.2, -0.15) is 0 Å². The Labute approximate surface area is 178 Å². The minimum Gasteiger partial charge on any atom is -0.353 e. The van der Waals surface area contributed by atoms with E-state index in [-0.39, 0.29) is 24.0 Å². The van der Waals surface area contributed by atoms with Gasteiger partial charge in [0.15, 0.2) is 5.96 Å². The number of likely N-dealkylation sites (tertiary alicyclic amines) is 1. The number of hydrogen-bond donors (Lipinski definition) is 1. The highest BCUT2D eigenvalue weighted by Gasteiger charge is 2.44. The Morgan fingerprint density at radius 2 is 1.81 bits per heavy atom. The second-order valence-corrected chi connectivity index (χ2v) is 8.43. The normalized spacial score (nSPS) is 29.8. The molecule has 3 rings (SSSR count). The van der Waals surface area contributed by atoms with Crippen LogP contribution in [0.5, 0.6) is 0 Å². The highest BCUT2D eigenvalue weighted by atomic mass is 127. The van der Waals surface area contributed by atoms with Gasteiger partial charge in [-0.3, -0.25) is 4.99 Å². The van der Waals surface area contributed by atoms with Crippen LogP contribution in [0, 0.1) is 17.8 Å². The van der Waals surface area contributed by atoms with Gasteiger partial charge in [0.1, 0.15) is 0 Å². The van der Waals surface area contributed by atoms with Gasteiger partial charge in [-0.05, 0) is 50.6 Å². The van der Waals surface area contributed by atoms with Gasteiger partial charge in [-0.25, -0.2) is 0 Å². The average molecular weight is 476 g/mol. The summed E-state index contributed by atoms with van der Waals surface area (Å²) in [5, 5.41) is 3.85. The first kappa shape index (κ1) is 22.3. The minimum atomic E-state index is 0. The molecule has 1 aliphatic heterocycles. The summed E-state index contributed by atoms with van der Waals surface area (Å²) in [4.78, 5) is 9.94. The van der Waals surface area contributed by atoms with Crippen LogP contribution in [0.3, 0.4) is 0 Å². The van der Waals surface area contributed by atoms with Crippen LogP contribution in [0.25, 0.3) is 0 Å². The average Bonchev–Trinajstić information content (AvgIpc) is 3.26. The monoisotopic (exact) mass is 476 g/mol. The number of rotatable bonds is 7. The number of nitrogens with one attached hydrogen (secondary N) is 1. The molecular weight excluding hydrogens is 435 g/mol. The molecule has 3 atom stereocenters. The summed E-state index contributed by atoms with van der Waals surface area (Å²) < 4.78 is 0. The molecule has 3 fully saturated rings. The van der Waals surface area contributed by atoms with Gasteiger partial charge in [0, 0.05) is 32.2 Å². The van der Waals surface area contributed by atoms with Crippen molar-refractivity contribution in [3.8, 4) is 0 Å². The molecule has 1 N–H and O–H groups in total. The molecule has 3 aliphatic rings. The van der Waals surface area contributed by atoms with E-state index in [1.807, 2.05) is 0 Å². The lowest BCUT2D eigenvalue weighted by molar-refractivity contribution is 0.255. The van der Waals surface area contributed by atoms with Crippen LogP contribution in [0.4, 0.5) is 0 Å². The lowest BCUT2D eigenvalue weighted by Gasteiger charge is -2.26. The zero-order valence-electron chi connectivity index (χ0n) is 17.3. The topological polar surface area (TPSA) is 30.9 Å². The molecule has 0 aromatic carbocycles. The van der Waals surface area contributed by atoms with Crippen LogP contribution in [0.1, 0.15) is 65.7 Å². The van der Waals surface area contributed by atoms with Gasteiger partial charge in [0.2, 0.25) is 0 Å². The van der Waals surface area contributed by atoms with E-state index in [0.29, 0.717) is 6.04 Å². The second-order valence-electron chi connectivity index (χ2n) is 8.43. The van der Waals surface area contributed by atoms with Crippen LogP contribution >= 0.6 is 24.0 Å². The number of halogens is 1. The molecular formula is C21H41IN4. The summed E-state index contributed by atoms with van der Waals surface area (Å²) in [6, 6.07) is 0.704. The van der Waals surface area contributed by atoms with E-state index in [9.17, 15) is 0 Å². The highest BCUT2D eigenvalue weighted by molar-refractivity contribution is 14.0. The lowest BCUT2D eigenvalue weighted by Crippen LogP contribution is -2.42. The summed E-state index contributed by atoms with van der Waals surface area (Å²) in [7, 11) is 0. The first-order valence-electron chi connectivity index (χ1n) is 11.0. The Morgan fingerprint density at radius 1 is 1.08 bits per heavy atom. The number of hydrogen-bond acceptors (Lipinski definition) is 2. The summed E-state index contributed by atoms with van der Waals surface area (Å²) in [5.41, 5.74) is 0. The summed E-state index contributed by atoms with van der Waals surface area (Å²) in [6.45, 7) is 13.6. The molecule has 0 aromatic heterocycles. The third-order valence-corrected chi connectivity index (χ3v) is 6.71. The first-order chi connectivity index (χ1) is 12.2. The van der Waals surface area contributed by atoms with Gasteiger partial charge in [-0.15, -0.1) is 24.0 Å². The zero-order chi connectivity index (χ0) is 17.6. The maximum atomic E-state index is 4.84. The molecule has 0 aromatic rings. The fraction of sp³-hybridized carbons (Fsp3) is 0.952. The summed E-state index contributed by atoms with van der Waals surface area (Å²) in [6.07, 6.45) is 10.0. The van der Waals surface area contributed by atoms with E-state index < -0.39 is 0 Å². The highest BCUT2D eigenvalue weighted by Crippen LogP contribution is 2.44. The molecule has 1 heterocycles. The van der Waals surface area contributed by atoms with E-state index in [0.717, 1.165) is 24.3 Å². The van der Waals surface area contributed by atoms with Gasteiger partial charge in [0.05, 0.1) is 0 Å². The number of aliphatic imine (C=N–C) groups is 1. The third kappa shape index (κ3) is 5.98. The minimum absolute atomic E-state index is 0. The molecule has 5 heteroatoms. The molecule has 3 unspecified atom stereocenters. The molecule has 26 heavy (non-hydrogen) atoms. The Bertz CT molecular complexity index is 432. The molecule has 152 valence electrons. The fourth-order valence-electron chi connectivity index (χ4n) is 5.04. The van der Waals surface area contributed by atoms with Crippen molar-refractivity contribution in [1.29, 1.82) is 0 Å². The number of nitrogens with zero attached hydrogens (tertiary/aromatic N) is 3. The maximum absolute atomic E-state index is 4.84. The molecule has 4 nitrogen and oxygen atoms in total. The van der Waals surface area contributed by atoms with Crippen molar-refractivity contribution in [2.45, 2.75) is 71.8 Å². The van der Waals surface area contributed by atoms with Gasteiger partial charge < -0.3 is 15.1 Å². The summed E-state index contributed by atoms with van der Waals surface area (Å²) >= 11 is 0. The van der Waals surface area contributed by atoms with Crippen molar-refractivity contribution < 1.29 is 0 Å². The van der Waals surface area contributed by atoms with Crippen LogP contribution in [-0.2, 0) is 0 Å². The summed E-state index contributed by atoms with van der Waals surface area (Å²) in [5.74, 6) is 3.92. The van der Waals surface area contributed by atoms with Crippen LogP contribution in [0.2, 0.25) is 0 Å². The smallest absolute Gasteiger partial charge is 0.194 e. The predicted octanol–water partition coefficient (Wildman–Crippen LogP) is 4.20. The third-order valence-electron chi connectivity index (χ3n) is 6.71. The van der Waals surface area contributed by atoms with Gasteiger partial charge in [-0.1, -0.05) is 46.0 Å². The second kappa shape index (κ2) is 11.1.